The van der Waals surface area contributed by atoms with E-state index in [2.05, 4.69) is 27.3 Å². The molecule has 0 aliphatic carbocycles. The van der Waals surface area contributed by atoms with Crippen LogP contribution in [-0.4, -0.2) is 37.8 Å². The van der Waals surface area contributed by atoms with Gasteiger partial charge < -0.3 is 15.0 Å². The molecule has 0 saturated carbocycles. The average Bonchev–Trinajstić information content (AvgIpc) is 2.48. The molecule has 1 aliphatic heterocycles. The SMILES string of the molecule is CCOc1ccc2nccc(N3CCNCC3)c2c1.Cl. The number of anilines is 1. The van der Waals surface area contributed by atoms with Crippen molar-refractivity contribution in [1.82, 2.24) is 10.3 Å². The summed E-state index contributed by atoms with van der Waals surface area (Å²) in [6.07, 6.45) is 1.89. The van der Waals surface area contributed by atoms with Gasteiger partial charge in [0.2, 0.25) is 0 Å². The number of halogens is 1. The Morgan fingerprint density at radius 3 is 2.80 bits per heavy atom. The van der Waals surface area contributed by atoms with E-state index in [9.17, 15) is 0 Å². The van der Waals surface area contributed by atoms with Gasteiger partial charge >= 0.3 is 0 Å². The molecule has 1 aliphatic rings. The fourth-order valence-electron chi connectivity index (χ4n) is 2.55. The molecule has 1 aromatic heterocycles. The molecule has 2 heterocycles. The molecule has 20 heavy (non-hydrogen) atoms. The number of nitrogens with zero attached hydrogens (tertiary/aromatic N) is 2. The quantitative estimate of drug-likeness (QED) is 0.943. The van der Waals surface area contributed by atoms with E-state index in [4.69, 9.17) is 4.74 Å². The highest BCUT2D eigenvalue weighted by molar-refractivity contribution is 5.92. The van der Waals surface area contributed by atoms with Crippen LogP contribution in [0.2, 0.25) is 0 Å². The summed E-state index contributed by atoms with van der Waals surface area (Å²) in [5, 5.41) is 4.56. The summed E-state index contributed by atoms with van der Waals surface area (Å²) in [5.74, 6) is 0.916. The molecular formula is C15H20ClN3O. The lowest BCUT2D eigenvalue weighted by molar-refractivity contribution is 0.340. The molecule has 1 N–H and O–H groups in total. The number of aromatic nitrogens is 1. The Hall–Kier alpha value is -1.52. The van der Waals surface area contributed by atoms with Crippen molar-refractivity contribution in [3.8, 4) is 5.75 Å². The Morgan fingerprint density at radius 1 is 1.25 bits per heavy atom. The van der Waals surface area contributed by atoms with Gasteiger partial charge in [0.25, 0.3) is 0 Å². The Labute approximate surface area is 125 Å². The van der Waals surface area contributed by atoms with E-state index in [1.165, 1.54) is 11.1 Å². The van der Waals surface area contributed by atoms with Crippen molar-refractivity contribution in [2.24, 2.45) is 0 Å². The fraction of sp³-hybridized carbons (Fsp3) is 0.400. The van der Waals surface area contributed by atoms with Gasteiger partial charge in [0.05, 0.1) is 12.1 Å². The Bertz CT molecular complexity index is 570. The Morgan fingerprint density at radius 2 is 2.05 bits per heavy atom. The lowest BCUT2D eigenvalue weighted by Crippen LogP contribution is -2.43. The van der Waals surface area contributed by atoms with Gasteiger partial charge in [-0.15, -0.1) is 12.4 Å². The number of rotatable bonds is 3. The normalized spacial score (nSPS) is 14.9. The van der Waals surface area contributed by atoms with Crippen LogP contribution in [0.4, 0.5) is 5.69 Å². The number of pyridine rings is 1. The maximum Gasteiger partial charge on any atom is 0.120 e. The fourth-order valence-corrected chi connectivity index (χ4v) is 2.55. The van der Waals surface area contributed by atoms with Crippen molar-refractivity contribution < 1.29 is 4.74 Å². The molecule has 1 aromatic carbocycles. The van der Waals surface area contributed by atoms with Gasteiger partial charge in [-0.2, -0.15) is 0 Å². The van der Waals surface area contributed by atoms with E-state index in [-0.39, 0.29) is 12.4 Å². The molecule has 0 radical (unpaired) electrons. The van der Waals surface area contributed by atoms with Crippen LogP contribution in [-0.2, 0) is 0 Å². The van der Waals surface area contributed by atoms with Crippen LogP contribution in [0.3, 0.4) is 0 Å². The number of hydrogen-bond donors (Lipinski definition) is 1. The van der Waals surface area contributed by atoms with E-state index in [0.29, 0.717) is 6.61 Å². The van der Waals surface area contributed by atoms with E-state index in [1.807, 2.05) is 25.3 Å². The zero-order valence-corrected chi connectivity index (χ0v) is 12.4. The van der Waals surface area contributed by atoms with Gasteiger partial charge in [0.1, 0.15) is 5.75 Å². The molecule has 5 heteroatoms. The van der Waals surface area contributed by atoms with E-state index < -0.39 is 0 Å². The molecule has 108 valence electrons. The van der Waals surface area contributed by atoms with Crippen molar-refractivity contribution in [3.05, 3.63) is 30.5 Å². The molecule has 0 amide bonds. The summed E-state index contributed by atoms with van der Waals surface area (Å²) in [6, 6.07) is 8.22. The van der Waals surface area contributed by atoms with Gasteiger partial charge in [0, 0.05) is 43.4 Å². The van der Waals surface area contributed by atoms with E-state index in [1.54, 1.807) is 0 Å². The second kappa shape index (κ2) is 6.77. The number of benzene rings is 1. The minimum atomic E-state index is 0. The highest BCUT2D eigenvalue weighted by Crippen LogP contribution is 2.28. The highest BCUT2D eigenvalue weighted by atomic mass is 35.5. The Balaban J connectivity index is 0.00000147. The smallest absolute Gasteiger partial charge is 0.120 e. The number of fused-ring (bicyclic) bond motifs is 1. The lowest BCUT2D eigenvalue weighted by Gasteiger charge is -2.30. The summed E-state index contributed by atoms with van der Waals surface area (Å²) < 4.78 is 5.60. The van der Waals surface area contributed by atoms with Crippen LogP contribution in [0.15, 0.2) is 30.5 Å². The predicted octanol–water partition coefficient (Wildman–Crippen LogP) is 2.46. The summed E-state index contributed by atoms with van der Waals surface area (Å²) in [7, 11) is 0. The third-order valence-corrected chi connectivity index (χ3v) is 3.46. The van der Waals surface area contributed by atoms with Gasteiger partial charge in [0.15, 0.2) is 0 Å². The van der Waals surface area contributed by atoms with Gasteiger partial charge in [-0.25, -0.2) is 0 Å². The van der Waals surface area contributed by atoms with Crippen LogP contribution in [0.1, 0.15) is 6.92 Å². The summed E-state index contributed by atoms with van der Waals surface area (Å²) in [4.78, 5) is 6.85. The van der Waals surface area contributed by atoms with E-state index >= 15 is 0 Å². The lowest BCUT2D eigenvalue weighted by atomic mass is 10.1. The third kappa shape index (κ3) is 2.97. The number of hydrogen-bond acceptors (Lipinski definition) is 4. The molecule has 3 rings (SSSR count). The summed E-state index contributed by atoms with van der Waals surface area (Å²) in [5.41, 5.74) is 2.28. The topological polar surface area (TPSA) is 37.4 Å². The first kappa shape index (κ1) is 14.9. The van der Waals surface area contributed by atoms with Crippen molar-refractivity contribution in [2.75, 3.05) is 37.7 Å². The second-order valence-electron chi connectivity index (χ2n) is 4.68. The molecule has 0 spiro atoms. The van der Waals surface area contributed by atoms with Crippen LogP contribution in [0.5, 0.6) is 5.75 Å². The average molecular weight is 294 g/mol. The van der Waals surface area contributed by atoms with Crippen molar-refractivity contribution in [2.45, 2.75) is 6.92 Å². The van der Waals surface area contributed by atoms with Crippen LogP contribution in [0.25, 0.3) is 10.9 Å². The molecule has 0 bridgehead atoms. The highest BCUT2D eigenvalue weighted by Gasteiger charge is 2.13. The van der Waals surface area contributed by atoms with Crippen molar-refractivity contribution >= 4 is 29.0 Å². The summed E-state index contributed by atoms with van der Waals surface area (Å²) in [6.45, 7) is 6.85. The maximum absolute atomic E-state index is 5.60. The maximum atomic E-state index is 5.60. The summed E-state index contributed by atoms with van der Waals surface area (Å²) >= 11 is 0. The molecule has 1 saturated heterocycles. The predicted molar refractivity (Wildman–Crippen MR) is 85.2 cm³/mol. The van der Waals surface area contributed by atoms with Gasteiger partial charge in [-0.3, -0.25) is 4.98 Å². The monoisotopic (exact) mass is 293 g/mol. The largest absolute Gasteiger partial charge is 0.494 e. The Kier molecular flexibility index (Phi) is 5.04. The molecule has 4 nitrogen and oxygen atoms in total. The number of ether oxygens (including phenoxy) is 1. The van der Waals surface area contributed by atoms with E-state index in [0.717, 1.165) is 37.4 Å². The number of nitrogens with one attached hydrogen (secondary N) is 1. The van der Waals surface area contributed by atoms with Crippen LogP contribution in [0, 0.1) is 0 Å². The first-order valence-electron chi connectivity index (χ1n) is 6.85. The van der Waals surface area contributed by atoms with Gasteiger partial charge in [-0.05, 0) is 31.2 Å². The third-order valence-electron chi connectivity index (χ3n) is 3.46. The standard InChI is InChI=1S/C15H19N3O.ClH/c1-2-19-12-3-4-14-13(11-12)15(5-6-17-14)18-9-7-16-8-10-18;/h3-6,11,16H,2,7-10H2,1H3;1H. The minimum Gasteiger partial charge on any atom is -0.494 e. The number of piperazine rings is 1. The zero-order chi connectivity index (χ0) is 13.1. The molecule has 2 aromatic rings. The first-order valence-corrected chi connectivity index (χ1v) is 6.85. The van der Waals surface area contributed by atoms with Crippen LogP contribution >= 0.6 is 12.4 Å². The van der Waals surface area contributed by atoms with Crippen molar-refractivity contribution in [3.63, 3.8) is 0 Å². The van der Waals surface area contributed by atoms with Crippen molar-refractivity contribution in [1.29, 1.82) is 0 Å². The van der Waals surface area contributed by atoms with Crippen LogP contribution < -0.4 is 15.0 Å². The molecule has 0 unspecified atom stereocenters. The molecule has 1 fully saturated rings. The molecular weight excluding hydrogens is 274 g/mol. The minimum absolute atomic E-state index is 0. The molecule has 0 atom stereocenters. The second-order valence-corrected chi connectivity index (χ2v) is 4.68. The van der Waals surface area contributed by atoms with Gasteiger partial charge in [-0.1, -0.05) is 0 Å². The zero-order valence-electron chi connectivity index (χ0n) is 11.6. The first-order chi connectivity index (χ1) is 9.38.